The number of nitrogens with zero attached hydrogens (tertiary/aromatic N) is 2. The Kier molecular flexibility index (Phi) is 7.93. The maximum atomic E-state index is 13.2. The molecular formula is C21H27Cl2F2N3O2. The Balaban J connectivity index is 1.35. The molecule has 5 nitrogen and oxygen atoms in total. The van der Waals surface area contributed by atoms with Crippen LogP contribution in [0.5, 0.6) is 0 Å². The van der Waals surface area contributed by atoms with Crippen molar-refractivity contribution in [3.63, 3.8) is 0 Å². The highest BCUT2D eigenvalue weighted by atomic mass is 35.5. The van der Waals surface area contributed by atoms with Crippen LogP contribution in [0.25, 0.3) is 0 Å². The predicted octanol–water partition coefficient (Wildman–Crippen LogP) is 3.97. The van der Waals surface area contributed by atoms with Gasteiger partial charge in [0.1, 0.15) is 0 Å². The van der Waals surface area contributed by atoms with Crippen molar-refractivity contribution >= 4 is 35.0 Å². The Hall–Kier alpha value is -1.44. The van der Waals surface area contributed by atoms with E-state index in [9.17, 15) is 18.4 Å². The smallest absolute Gasteiger partial charge is 0.248 e. The molecule has 1 N–H and O–H groups in total. The maximum Gasteiger partial charge on any atom is 0.248 e. The zero-order valence-electron chi connectivity index (χ0n) is 16.8. The molecule has 1 heterocycles. The van der Waals surface area contributed by atoms with E-state index in [1.54, 1.807) is 11.0 Å². The average Bonchev–Trinajstić information content (AvgIpc) is 2.67. The summed E-state index contributed by atoms with van der Waals surface area (Å²) in [6, 6.07) is 5.46. The van der Waals surface area contributed by atoms with Gasteiger partial charge in [-0.15, -0.1) is 0 Å². The molecule has 2 amide bonds. The van der Waals surface area contributed by atoms with Crippen molar-refractivity contribution in [2.45, 2.75) is 44.6 Å². The molecule has 2 fully saturated rings. The van der Waals surface area contributed by atoms with E-state index in [2.05, 4.69) is 10.2 Å². The number of piperazine rings is 1. The molecule has 2 aliphatic rings. The van der Waals surface area contributed by atoms with Crippen LogP contribution in [0.4, 0.5) is 8.78 Å². The van der Waals surface area contributed by atoms with Gasteiger partial charge >= 0.3 is 0 Å². The monoisotopic (exact) mass is 461 g/mol. The first-order valence-electron chi connectivity index (χ1n) is 10.3. The molecule has 1 aliphatic heterocycles. The zero-order chi connectivity index (χ0) is 21.7. The van der Waals surface area contributed by atoms with E-state index in [4.69, 9.17) is 23.2 Å². The minimum absolute atomic E-state index is 0.0248. The Morgan fingerprint density at radius 3 is 2.23 bits per heavy atom. The molecule has 1 aromatic carbocycles. The van der Waals surface area contributed by atoms with Crippen LogP contribution in [0.15, 0.2) is 18.2 Å². The van der Waals surface area contributed by atoms with E-state index >= 15 is 0 Å². The Labute approximate surface area is 185 Å². The van der Waals surface area contributed by atoms with Crippen molar-refractivity contribution in [2.75, 3.05) is 32.7 Å². The van der Waals surface area contributed by atoms with Gasteiger partial charge in [0.25, 0.3) is 0 Å². The molecule has 166 valence electrons. The Morgan fingerprint density at radius 1 is 1.03 bits per heavy atom. The van der Waals surface area contributed by atoms with Gasteiger partial charge in [0, 0.05) is 62.0 Å². The summed E-state index contributed by atoms with van der Waals surface area (Å²) in [7, 11) is 0. The average molecular weight is 462 g/mol. The molecule has 0 spiro atoms. The Bertz CT molecular complexity index is 740. The van der Waals surface area contributed by atoms with Crippen molar-refractivity contribution in [1.82, 2.24) is 15.1 Å². The summed E-state index contributed by atoms with van der Waals surface area (Å²) < 4.78 is 26.4. The van der Waals surface area contributed by atoms with Gasteiger partial charge in [-0.05, 0) is 42.5 Å². The van der Waals surface area contributed by atoms with Crippen LogP contribution < -0.4 is 5.32 Å². The number of alkyl halides is 2. The number of carbonyl (C=O) groups is 2. The van der Waals surface area contributed by atoms with Crippen LogP contribution in [0.1, 0.15) is 37.7 Å². The number of halogens is 4. The summed E-state index contributed by atoms with van der Waals surface area (Å²) in [5.74, 6) is -2.98. The second kappa shape index (κ2) is 10.2. The molecule has 0 aromatic heterocycles. The fourth-order valence-corrected chi connectivity index (χ4v) is 4.61. The minimum Gasteiger partial charge on any atom is -0.347 e. The van der Waals surface area contributed by atoms with E-state index < -0.39 is 5.92 Å². The number of benzene rings is 1. The highest BCUT2D eigenvalue weighted by Gasteiger charge is 2.35. The predicted molar refractivity (Wildman–Crippen MR) is 113 cm³/mol. The standard InChI is InChI=1S/C21H27Cl2F2N3O2/c22-17-9-16(10-18(23)12-17)14-27-5-7-28(8-6-27)20(30)13-26-19(29)11-15-1-3-21(24,25)4-2-15/h9-10,12,15H,1-8,11,13-14H2,(H,26,29). The SMILES string of the molecule is O=C(CC1CCC(F)(F)CC1)NCC(=O)N1CCN(Cc2cc(Cl)cc(Cl)c2)CC1. The number of hydrogen-bond acceptors (Lipinski definition) is 3. The highest BCUT2D eigenvalue weighted by Crippen LogP contribution is 2.37. The molecule has 0 radical (unpaired) electrons. The maximum absolute atomic E-state index is 13.2. The minimum atomic E-state index is -2.59. The summed E-state index contributed by atoms with van der Waals surface area (Å²) in [6.45, 7) is 3.27. The molecule has 0 atom stereocenters. The van der Waals surface area contributed by atoms with E-state index in [0.717, 1.165) is 18.7 Å². The fraction of sp³-hybridized carbons (Fsp3) is 0.619. The number of nitrogens with one attached hydrogen (secondary N) is 1. The van der Waals surface area contributed by atoms with Crippen LogP contribution in [0.3, 0.4) is 0 Å². The molecule has 1 aliphatic carbocycles. The summed E-state index contributed by atoms with van der Waals surface area (Å²) in [4.78, 5) is 28.4. The third-order valence-electron chi connectivity index (χ3n) is 5.80. The number of carbonyl (C=O) groups excluding carboxylic acids is 2. The largest absolute Gasteiger partial charge is 0.347 e. The van der Waals surface area contributed by atoms with Gasteiger partial charge in [-0.2, -0.15) is 0 Å². The van der Waals surface area contributed by atoms with Crippen LogP contribution in [0, 0.1) is 5.92 Å². The lowest BCUT2D eigenvalue weighted by atomic mass is 9.84. The second-order valence-electron chi connectivity index (χ2n) is 8.21. The third kappa shape index (κ3) is 7.06. The van der Waals surface area contributed by atoms with Gasteiger partial charge in [0.15, 0.2) is 0 Å². The van der Waals surface area contributed by atoms with Crippen molar-refractivity contribution in [2.24, 2.45) is 5.92 Å². The lowest BCUT2D eigenvalue weighted by Gasteiger charge is -2.35. The van der Waals surface area contributed by atoms with E-state index in [1.165, 1.54) is 0 Å². The highest BCUT2D eigenvalue weighted by molar-refractivity contribution is 6.34. The molecule has 1 aromatic rings. The quantitative estimate of drug-likeness (QED) is 0.696. The summed E-state index contributed by atoms with van der Waals surface area (Å²) in [5, 5.41) is 3.85. The molecule has 30 heavy (non-hydrogen) atoms. The summed E-state index contributed by atoms with van der Waals surface area (Å²) >= 11 is 12.1. The summed E-state index contributed by atoms with van der Waals surface area (Å²) in [5.41, 5.74) is 1.03. The van der Waals surface area contributed by atoms with Crippen LogP contribution >= 0.6 is 23.2 Å². The van der Waals surface area contributed by atoms with Crippen LogP contribution in [0.2, 0.25) is 10.0 Å². The molecule has 0 bridgehead atoms. The van der Waals surface area contributed by atoms with Crippen LogP contribution in [-0.2, 0) is 16.1 Å². The van der Waals surface area contributed by atoms with E-state index in [-0.39, 0.29) is 43.5 Å². The molecule has 1 saturated heterocycles. The zero-order valence-corrected chi connectivity index (χ0v) is 18.3. The van der Waals surface area contributed by atoms with E-state index in [1.807, 2.05) is 12.1 Å². The van der Waals surface area contributed by atoms with Crippen molar-refractivity contribution < 1.29 is 18.4 Å². The third-order valence-corrected chi connectivity index (χ3v) is 6.24. The topological polar surface area (TPSA) is 52.7 Å². The van der Waals surface area contributed by atoms with Crippen LogP contribution in [-0.4, -0.2) is 60.3 Å². The molecule has 9 heteroatoms. The van der Waals surface area contributed by atoms with Gasteiger partial charge in [0.2, 0.25) is 17.7 Å². The fourth-order valence-electron chi connectivity index (χ4n) is 4.04. The number of rotatable bonds is 6. The Morgan fingerprint density at radius 2 is 1.63 bits per heavy atom. The van der Waals surface area contributed by atoms with E-state index in [0.29, 0.717) is 42.5 Å². The molecular weight excluding hydrogens is 435 g/mol. The van der Waals surface area contributed by atoms with Gasteiger partial charge in [-0.25, -0.2) is 8.78 Å². The lowest BCUT2D eigenvalue weighted by molar-refractivity contribution is -0.134. The van der Waals surface area contributed by atoms with Crippen molar-refractivity contribution in [1.29, 1.82) is 0 Å². The van der Waals surface area contributed by atoms with Crippen molar-refractivity contribution in [3.8, 4) is 0 Å². The number of amides is 2. The molecule has 0 unspecified atom stereocenters. The first-order valence-corrected chi connectivity index (χ1v) is 11.1. The lowest BCUT2D eigenvalue weighted by Crippen LogP contribution is -2.50. The second-order valence-corrected chi connectivity index (χ2v) is 9.09. The summed E-state index contributed by atoms with van der Waals surface area (Å²) in [6.07, 6.45) is 0.604. The molecule has 3 rings (SSSR count). The van der Waals surface area contributed by atoms with Gasteiger partial charge in [-0.1, -0.05) is 23.2 Å². The van der Waals surface area contributed by atoms with Gasteiger partial charge in [-0.3, -0.25) is 14.5 Å². The van der Waals surface area contributed by atoms with Crippen molar-refractivity contribution in [3.05, 3.63) is 33.8 Å². The normalized spacial score (nSPS) is 20.2. The number of hydrogen-bond donors (Lipinski definition) is 1. The van der Waals surface area contributed by atoms with Gasteiger partial charge < -0.3 is 10.2 Å². The first-order chi connectivity index (χ1) is 14.2. The molecule has 1 saturated carbocycles. The van der Waals surface area contributed by atoms with Gasteiger partial charge in [0.05, 0.1) is 6.54 Å². The first kappa shape index (κ1) is 23.2.